The summed E-state index contributed by atoms with van der Waals surface area (Å²) >= 11 is 5.67. The van der Waals surface area contributed by atoms with Crippen molar-refractivity contribution >= 4 is 27.5 Å². The van der Waals surface area contributed by atoms with Crippen LogP contribution >= 0.6 is 11.6 Å². The Bertz CT molecular complexity index is 886. The SMILES string of the molecule is O=C(NC1CCCC(C(F)(F)F)C1)C1CCN(S(=O)(=O)c2ccc(F)c(Cl)c2)CC1. The highest BCUT2D eigenvalue weighted by atomic mass is 35.5. The molecular weight excluding hydrogens is 448 g/mol. The molecule has 1 saturated heterocycles. The zero-order valence-corrected chi connectivity index (χ0v) is 17.7. The second-order valence-corrected chi connectivity index (χ2v) is 10.2. The number of hydrogen-bond acceptors (Lipinski definition) is 3. The van der Waals surface area contributed by atoms with Gasteiger partial charge < -0.3 is 5.32 Å². The number of hydrogen-bond donors (Lipinski definition) is 1. The third-order valence-corrected chi connectivity index (χ3v) is 8.02. The average molecular weight is 471 g/mol. The molecule has 5 nitrogen and oxygen atoms in total. The van der Waals surface area contributed by atoms with E-state index in [0.717, 1.165) is 18.2 Å². The van der Waals surface area contributed by atoms with Crippen molar-refractivity contribution in [2.75, 3.05) is 13.1 Å². The minimum absolute atomic E-state index is 0.0829. The Morgan fingerprint density at radius 3 is 2.40 bits per heavy atom. The lowest BCUT2D eigenvalue weighted by atomic mass is 9.84. The van der Waals surface area contributed by atoms with Crippen LogP contribution in [0.1, 0.15) is 38.5 Å². The lowest BCUT2D eigenvalue weighted by Crippen LogP contribution is -2.47. The summed E-state index contributed by atoms with van der Waals surface area (Å²) in [6.45, 7) is 0.177. The molecule has 1 amide bonds. The number of nitrogens with zero attached hydrogens (tertiary/aromatic N) is 1. The van der Waals surface area contributed by atoms with E-state index in [0.29, 0.717) is 12.8 Å². The van der Waals surface area contributed by atoms with Crippen molar-refractivity contribution in [3.63, 3.8) is 0 Å². The minimum atomic E-state index is -4.26. The van der Waals surface area contributed by atoms with Crippen molar-refractivity contribution < 1.29 is 30.8 Å². The Kier molecular flexibility index (Phi) is 6.98. The van der Waals surface area contributed by atoms with Gasteiger partial charge in [-0.1, -0.05) is 18.0 Å². The number of alkyl halides is 3. The summed E-state index contributed by atoms with van der Waals surface area (Å²) in [6.07, 6.45) is -2.85. The lowest BCUT2D eigenvalue weighted by molar-refractivity contribution is -0.184. The van der Waals surface area contributed by atoms with Crippen molar-refractivity contribution in [1.82, 2.24) is 9.62 Å². The molecule has 1 aliphatic carbocycles. The largest absolute Gasteiger partial charge is 0.391 e. The minimum Gasteiger partial charge on any atom is -0.353 e. The van der Waals surface area contributed by atoms with E-state index < -0.39 is 39.9 Å². The highest BCUT2D eigenvalue weighted by Gasteiger charge is 2.43. The van der Waals surface area contributed by atoms with Gasteiger partial charge in [0.1, 0.15) is 5.82 Å². The van der Waals surface area contributed by atoms with Crippen molar-refractivity contribution in [3.8, 4) is 0 Å². The maximum Gasteiger partial charge on any atom is 0.391 e. The van der Waals surface area contributed by atoms with E-state index in [-0.39, 0.29) is 54.6 Å². The van der Waals surface area contributed by atoms with E-state index in [1.807, 2.05) is 0 Å². The summed E-state index contributed by atoms with van der Waals surface area (Å²) in [4.78, 5) is 12.4. The Morgan fingerprint density at radius 1 is 1.13 bits per heavy atom. The van der Waals surface area contributed by atoms with Gasteiger partial charge in [0.05, 0.1) is 15.8 Å². The zero-order valence-electron chi connectivity index (χ0n) is 16.1. The molecule has 0 bridgehead atoms. The first-order valence-electron chi connectivity index (χ1n) is 9.81. The van der Waals surface area contributed by atoms with Crippen LogP contribution in [-0.2, 0) is 14.8 Å². The van der Waals surface area contributed by atoms with E-state index in [2.05, 4.69) is 5.32 Å². The Balaban J connectivity index is 1.56. The van der Waals surface area contributed by atoms with E-state index in [4.69, 9.17) is 11.6 Å². The molecule has 1 aliphatic heterocycles. The molecule has 2 aliphatic rings. The fourth-order valence-electron chi connectivity index (χ4n) is 4.08. The molecule has 30 heavy (non-hydrogen) atoms. The number of nitrogens with one attached hydrogen (secondary N) is 1. The second-order valence-electron chi connectivity index (χ2n) is 7.86. The normalized spacial score (nSPS) is 24.6. The first-order chi connectivity index (χ1) is 14.0. The molecule has 2 atom stereocenters. The summed E-state index contributed by atoms with van der Waals surface area (Å²) < 4.78 is 78.8. The van der Waals surface area contributed by atoms with Crippen LogP contribution in [0, 0.1) is 17.7 Å². The van der Waals surface area contributed by atoms with Crippen molar-refractivity contribution in [2.45, 2.75) is 55.6 Å². The van der Waals surface area contributed by atoms with E-state index in [1.165, 1.54) is 4.31 Å². The number of carbonyl (C=O) groups excluding carboxylic acids is 1. The monoisotopic (exact) mass is 470 g/mol. The van der Waals surface area contributed by atoms with E-state index in [9.17, 15) is 30.8 Å². The van der Waals surface area contributed by atoms with Gasteiger partial charge in [0.15, 0.2) is 0 Å². The van der Waals surface area contributed by atoms with Gasteiger partial charge in [0.25, 0.3) is 0 Å². The first-order valence-corrected chi connectivity index (χ1v) is 11.6. The molecule has 1 heterocycles. The van der Waals surface area contributed by atoms with Crippen LogP contribution in [0.25, 0.3) is 0 Å². The van der Waals surface area contributed by atoms with Gasteiger partial charge >= 0.3 is 6.18 Å². The quantitative estimate of drug-likeness (QED) is 0.673. The maximum atomic E-state index is 13.3. The van der Waals surface area contributed by atoms with Gasteiger partial charge in [-0.2, -0.15) is 17.5 Å². The topological polar surface area (TPSA) is 66.5 Å². The molecule has 1 N–H and O–H groups in total. The molecule has 0 radical (unpaired) electrons. The maximum absolute atomic E-state index is 13.3. The van der Waals surface area contributed by atoms with Crippen LogP contribution in [-0.4, -0.2) is 43.9 Å². The molecule has 2 fully saturated rings. The van der Waals surface area contributed by atoms with E-state index >= 15 is 0 Å². The predicted molar refractivity (Wildman–Crippen MR) is 103 cm³/mol. The van der Waals surface area contributed by atoms with Crippen LogP contribution in [0.5, 0.6) is 0 Å². The molecule has 2 unspecified atom stereocenters. The van der Waals surface area contributed by atoms with Crippen molar-refractivity contribution in [3.05, 3.63) is 29.0 Å². The number of sulfonamides is 1. The molecule has 0 spiro atoms. The van der Waals surface area contributed by atoms with Crippen molar-refractivity contribution in [2.24, 2.45) is 11.8 Å². The zero-order chi connectivity index (χ0) is 22.1. The van der Waals surface area contributed by atoms with Crippen LogP contribution in [0.4, 0.5) is 17.6 Å². The summed E-state index contributed by atoms with van der Waals surface area (Å²) in [5, 5.41) is 2.43. The number of benzene rings is 1. The fraction of sp³-hybridized carbons (Fsp3) is 0.632. The number of carbonyl (C=O) groups is 1. The highest BCUT2D eigenvalue weighted by molar-refractivity contribution is 7.89. The Morgan fingerprint density at radius 2 is 1.80 bits per heavy atom. The Hall–Kier alpha value is -1.39. The standard InChI is InChI=1S/C19H23ClF4N2O3S/c20-16-11-15(4-5-17(16)21)30(28,29)26-8-6-12(7-9-26)18(27)25-14-3-1-2-13(10-14)19(22,23)24/h4-5,11-14H,1-3,6-10H2,(H,25,27). The van der Waals surface area contributed by atoms with Gasteiger partial charge in [-0.3, -0.25) is 4.79 Å². The van der Waals surface area contributed by atoms with Gasteiger partial charge in [-0.05, 0) is 50.3 Å². The lowest BCUT2D eigenvalue weighted by Gasteiger charge is -2.34. The Labute approximate surface area is 177 Å². The van der Waals surface area contributed by atoms with Crippen molar-refractivity contribution in [1.29, 1.82) is 0 Å². The summed E-state index contributed by atoms with van der Waals surface area (Å²) in [5.41, 5.74) is 0. The highest BCUT2D eigenvalue weighted by Crippen LogP contribution is 2.37. The summed E-state index contributed by atoms with van der Waals surface area (Å²) in [7, 11) is -3.88. The molecule has 3 rings (SSSR count). The molecule has 1 aromatic carbocycles. The van der Waals surface area contributed by atoms with Crippen LogP contribution in [0.2, 0.25) is 5.02 Å². The number of piperidine rings is 1. The molecule has 168 valence electrons. The van der Waals surface area contributed by atoms with E-state index in [1.54, 1.807) is 0 Å². The molecule has 1 aromatic rings. The summed E-state index contributed by atoms with van der Waals surface area (Å²) in [6, 6.07) is 2.65. The van der Waals surface area contributed by atoms with Gasteiger partial charge in [0, 0.05) is 25.0 Å². The fourth-order valence-corrected chi connectivity index (χ4v) is 5.82. The predicted octanol–water partition coefficient (Wildman–Crippen LogP) is 4.12. The van der Waals surface area contributed by atoms with Crippen LogP contribution < -0.4 is 5.32 Å². The molecule has 11 heteroatoms. The smallest absolute Gasteiger partial charge is 0.353 e. The van der Waals surface area contributed by atoms with Gasteiger partial charge in [0.2, 0.25) is 15.9 Å². The number of rotatable bonds is 4. The third-order valence-electron chi connectivity index (χ3n) is 5.84. The van der Waals surface area contributed by atoms with Crippen LogP contribution in [0.3, 0.4) is 0 Å². The number of halogens is 5. The molecule has 0 aromatic heterocycles. The third kappa shape index (κ3) is 5.26. The van der Waals surface area contributed by atoms with Gasteiger partial charge in [-0.15, -0.1) is 0 Å². The average Bonchev–Trinajstić information content (AvgIpc) is 2.69. The van der Waals surface area contributed by atoms with Crippen LogP contribution in [0.15, 0.2) is 23.1 Å². The molecule has 1 saturated carbocycles. The first kappa shape index (κ1) is 23.3. The second kappa shape index (κ2) is 9.00. The van der Waals surface area contributed by atoms with Gasteiger partial charge in [-0.25, -0.2) is 12.8 Å². The summed E-state index contributed by atoms with van der Waals surface area (Å²) in [5.74, 6) is -2.91. The molecular formula is C19H23ClF4N2O3S. The number of amides is 1.